The Morgan fingerprint density at radius 1 is 1.47 bits per heavy atom. The minimum atomic E-state index is -0.633. The number of hydrogen-bond acceptors (Lipinski definition) is 4. The number of halogens is 1. The maximum absolute atomic E-state index is 12.1. The zero-order valence-corrected chi connectivity index (χ0v) is 12.8. The van der Waals surface area contributed by atoms with E-state index in [0.717, 1.165) is 25.7 Å². The second-order valence-electron chi connectivity index (χ2n) is 5.10. The van der Waals surface area contributed by atoms with Crippen molar-refractivity contribution in [2.24, 2.45) is 5.41 Å². The van der Waals surface area contributed by atoms with Gasteiger partial charge in [-0.3, -0.25) is 14.9 Å². The Hall–Kier alpha value is -0.820. The number of nitro groups is 1. The van der Waals surface area contributed by atoms with Crippen LogP contribution in [0.2, 0.25) is 0 Å². The molecule has 1 fully saturated rings. The molecular weight excluding hydrogens is 332 g/mol. The van der Waals surface area contributed by atoms with Crippen LogP contribution in [0, 0.1) is 15.5 Å². The van der Waals surface area contributed by atoms with Crippen LogP contribution < -0.4 is 5.56 Å². The normalized spacial score (nSPS) is 17.6. The molecule has 1 aromatic rings. The molecule has 104 valence electrons. The fourth-order valence-electron chi connectivity index (χ4n) is 2.69. The number of pyridine rings is 1. The van der Waals surface area contributed by atoms with E-state index in [1.807, 2.05) is 0 Å². The average Bonchev–Trinajstić information content (AvgIpc) is 2.82. The van der Waals surface area contributed by atoms with Crippen molar-refractivity contribution in [2.45, 2.75) is 32.2 Å². The van der Waals surface area contributed by atoms with Crippen molar-refractivity contribution in [1.29, 1.82) is 0 Å². The van der Waals surface area contributed by atoms with Gasteiger partial charge in [0, 0.05) is 23.3 Å². The summed E-state index contributed by atoms with van der Waals surface area (Å²) in [5, 5.41) is 10.9. The van der Waals surface area contributed by atoms with Gasteiger partial charge >= 0.3 is 11.2 Å². The highest BCUT2D eigenvalue weighted by Gasteiger charge is 2.33. The van der Waals surface area contributed by atoms with Gasteiger partial charge in [-0.1, -0.05) is 12.8 Å². The van der Waals surface area contributed by atoms with Crippen LogP contribution in [-0.4, -0.2) is 15.2 Å². The van der Waals surface area contributed by atoms with Gasteiger partial charge in [0.2, 0.25) is 0 Å². The molecule has 1 aromatic heterocycles. The number of hydrogen-bond donors (Lipinski definition) is 1. The van der Waals surface area contributed by atoms with E-state index < -0.39 is 10.5 Å². The van der Waals surface area contributed by atoms with E-state index in [1.54, 1.807) is 6.20 Å². The van der Waals surface area contributed by atoms with E-state index in [0.29, 0.717) is 16.8 Å². The monoisotopic (exact) mass is 346 g/mol. The van der Waals surface area contributed by atoms with Gasteiger partial charge in [0.1, 0.15) is 0 Å². The molecule has 0 atom stereocenters. The fraction of sp³-hybridized carbons (Fsp3) is 0.583. The third kappa shape index (κ3) is 3.02. The smallest absolute Gasteiger partial charge is 0.308 e. The average molecular weight is 347 g/mol. The summed E-state index contributed by atoms with van der Waals surface area (Å²) in [5.41, 5.74) is -0.940. The molecule has 2 rings (SSSR count). The summed E-state index contributed by atoms with van der Waals surface area (Å²) in [5.74, 6) is 0.694. The summed E-state index contributed by atoms with van der Waals surface area (Å²) in [4.78, 5) is 22.3. The molecule has 0 aromatic carbocycles. The van der Waals surface area contributed by atoms with Crippen LogP contribution in [0.5, 0.6) is 0 Å². The molecule has 1 heterocycles. The van der Waals surface area contributed by atoms with Crippen molar-refractivity contribution in [3.63, 3.8) is 0 Å². The van der Waals surface area contributed by atoms with Crippen molar-refractivity contribution < 1.29 is 4.92 Å². The number of aromatic nitrogens is 1. The molecular formula is C12H15BrN2O3S. The largest absolute Gasteiger partial charge is 0.335 e. The SMILES string of the molecule is O=c1c([N+](=O)[O-])cc(Br)cn1CC1(CS)CCCC1. The molecule has 0 N–H and O–H groups in total. The van der Waals surface area contributed by atoms with Crippen molar-refractivity contribution in [3.8, 4) is 0 Å². The molecule has 7 heteroatoms. The van der Waals surface area contributed by atoms with Gasteiger partial charge in [0.05, 0.1) is 4.92 Å². The van der Waals surface area contributed by atoms with E-state index in [4.69, 9.17) is 0 Å². The van der Waals surface area contributed by atoms with Crippen LogP contribution in [-0.2, 0) is 6.54 Å². The Balaban J connectivity index is 2.40. The first-order chi connectivity index (χ1) is 8.97. The van der Waals surface area contributed by atoms with Gasteiger partial charge in [-0.25, -0.2) is 0 Å². The van der Waals surface area contributed by atoms with Crippen LogP contribution in [0.1, 0.15) is 25.7 Å². The summed E-state index contributed by atoms with van der Waals surface area (Å²) in [6, 6.07) is 1.25. The summed E-state index contributed by atoms with van der Waals surface area (Å²) in [6.45, 7) is 0.496. The third-order valence-corrected chi connectivity index (χ3v) is 4.84. The van der Waals surface area contributed by atoms with Crippen LogP contribution in [0.25, 0.3) is 0 Å². The Bertz CT molecular complexity index is 552. The van der Waals surface area contributed by atoms with Gasteiger partial charge in [0.15, 0.2) is 0 Å². The maximum Gasteiger partial charge on any atom is 0.335 e. The first-order valence-electron chi connectivity index (χ1n) is 6.13. The standard InChI is InChI=1S/C12H15BrN2O3S/c13-9-5-10(15(17)18)11(16)14(6-9)7-12(8-19)3-1-2-4-12/h5-6,19H,1-4,7-8H2. The second kappa shape index (κ2) is 5.66. The van der Waals surface area contributed by atoms with Gasteiger partial charge in [-0.05, 0) is 39.9 Å². The quantitative estimate of drug-likeness (QED) is 0.517. The zero-order valence-electron chi connectivity index (χ0n) is 10.3. The van der Waals surface area contributed by atoms with Crippen molar-refractivity contribution in [1.82, 2.24) is 4.57 Å². The molecule has 1 aliphatic rings. The first-order valence-corrected chi connectivity index (χ1v) is 7.55. The van der Waals surface area contributed by atoms with Gasteiger partial charge in [0.25, 0.3) is 0 Å². The lowest BCUT2D eigenvalue weighted by molar-refractivity contribution is -0.386. The molecule has 0 aliphatic heterocycles. The van der Waals surface area contributed by atoms with Gasteiger partial charge < -0.3 is 4.57 Å². The first kappa shape index (κ1) is 14.6. The number of thiol groups is 1. The fourth-order valence-corrected chi connectivity index (χ4v) is 3.57. The summed E-state index contributed by atoms with van der Waals surface area (Å²) >= 11 is 7.62. The molecule has 19 heavy (non-hydrogen) atoms. The third-order valence-electron chi connectivity index (χ3n) is 3.74. The second-order valence-corrected chi connectivity index (χ2v) is 6.33. The summed E-state index contributed by atoms with van der Waals surface area (Å²) in [6.07, 6.45) is 5.92. The Labute approximate surface area is 124 Å². The van der Waals surface area contributed by atoms with Crippen LogP contribution in [0.15, 0.2) is 21.5 Å². The number of nitrogens with zero attached hydrogens (tertiary/aromatic N) is 2. The van der Waals surface area contributed by atoms with Crippen LogP contribution in [0.4, 0.5) is 5.69 Å². The molecule has 0 amide bonds. The molecule has 0 unspecified atom stereocenters. The summed E-state index contributed by atoms with van der Waals surface area (Å²) < 4.78 is 2.00. The highest BCUT2D eigenvalue weighted by atomic mass is 79.9. The maximum atomic E-state index is 12.1. The van der Waals surface area contributed by atoms with E-state index in [2.05, 4.69) is 28.6 Å². The lowest BCUT2D eigenvalue weighted by atomic mass is 9.88. The molecule has 5 nitrogen and oxygen atoms in total. The molecule has 0 bridgehead atoms. The van der Waals surface area contributed by atoms with E-state index in [1.165, 1.54) is 10.6 Å². The van der Waals surface area contributed by atoms with Crippen LogP contribution >= 0.6 is 28.6 Å². The van der Waals surface area contributed by atoms with Gasteiger partial charge in [-0.2, -0.15) is 12.6 Å². The topological polar surface area (TPSA) is 65.1 Å². The number of rotatable bonds is 4. The molecule has 0 spiro atoms. The zero-order chi connectivity index (χ0) is 14.0. The Morgan fingerprint density at radius 2 is 2.11 bits per heavy atom. The Kier molecular flexibility index (Phi) is 4.35. The molecule has 0 radical (unpaired) electrons. The molecule has 1 aliphatic carbocycles. The van der Waals surface area contributed by atoms with Crippen LogP contribution in [0.3, 0.4) is 0 Å². The minimum absolute atomic E-state index is 0.0123. The minimum Gasteiger partial charge on any atom is -0.308 e. The van der Waals surface area contributed by atoms with Crippen molar-refractivity contribution in [2.75, 3.05) is 5.75 Å². The predicted octanol–water partition coefficient (Wildman–Crippen LogP) is 3.01. The van der Waals surface area contributed by atoms with Crippen molar-refractivity contribution in [3.05, 3.63) is 37.2 Å². The molecule has 0 saturated heterocycles. The van der Waals surface area contributed by atoms with Gasteiger partial charge in [-0.15, -0.1) is 0 Å². The van der Waals surface area contributed by atoms with E-state index in [-0.39, 0.29) is 11.1 Å². The lowest BCUT2D eigenvalue weighted by Gasteiger charge is -2.27. The Morgan fingerprint density at radius 3 is 2.63 bits per heavy atom. The highest BCUT2D eigenvalue weighted by molar-refractivity contribution is 9.10. The van der Waals surface area contributed by atoms with Crippen molar-refractivity contribution >= 4 is 34.2 Å². The molecule has 1 saturated carbocycles. The van der Waals surface area contributed by atoms with E-state index in [9.17, 15) is 14.9 Å². The van der Waals surface area contributed by atoms with E-state index >= 15 is 0 Å². The summed E-state index contributed by atoms with van der Waals surface area (Å²) in [7, 11) is 0. The predicted molar refractivity (Wildman–Crippen MR) is 79.8 cm³/mol. The highest BCUT2D eigenvalue weighted by Crippen LogP contribution is 2.40. The lowest BCUT2D eigenvalue weighted by Crippen LogP contribution is -2.32.